The molecule has 1 aromatic carbocycles. The van der Waals surface area contributed by atoms with Gasteiger partial charge in [0.2, 0.25) is 0 Å². The fraction of sp³-hybridized carbons (Fsp3) is 0.533. The van der Waals surface area contributed by atoms with Crippen LogP contribution in [0.15, 0.2) is 24.3 Å². The predicted molar refractivity (Wildman–Crippen MR) is 75.1 cm³/mol. The van der Waals surface area contributed by atoms with Crippen LogP contribution in [0.3, 0.4) is 0 Å². The summed E-state index contributed by atoms with van der Waals surface area (Å²) >= 11 is 0. The summed E-state index contributed by atoms with van der Waals surface area (Å²) in [5.41, 5.74) is 0.582. The largest absolute Gasteiger partial charge is 0.493 e. The molecule has 1 amide bonds. The second kappa shape index (κ2) is 7.79. The van der Waals surface area contributed by atoms with Crippen molar-refractivity contribution in [3.63, 3.8) is 0 Å². The van der Waals surface area contributed by atoms with Gasteiger partial charge < -0.3 is 4.74 Å². The van der Waals surface area contributed by atoms with Gasteiger partial charge >= 0.3 is 0 Å². The van der Waals surface area contributed by atoms with Gasteiger partial charge in [-0.3, -0.25) is 9.63 Å². The van der Waals surface area contributed by atoms with Crippen molar-refractivity contribution in [2.24, 2.45) is 5.92 Å². The molecule has 0 bridgehead atoms. The highest BCUT2D eigenvalue weighted by Crippen LogP contribution is 2.15. The third-order valence-electron chi connectivity index (χ3n) is 2.98. The first-order chi connectivity index (χ1) is 9.08. The van der Waals surface area contributed by atoms with E-state index < -0.39 is 0 Å². The SMILES string of the molecule is CCCC(C)COc1ccc(C(=O)N(C)OC)cc1. The number of ether oxygens (including phenoxy) is 1. The van der Waals surface area contributed by atoms with Crippen LogP contribution in [-0.4, -0.2) is 31.7 Å². The van der Waals surface area contributed by atoms with Crippen LogP contribution in [0.4, 0.5) is 0 Å². The maximum absolute atomic E-state index is 11.8. The van der Waals surface area contributed by atoms with Crippen LogP contribution in [0.25, 0.3) is 0 Å². The number of carbonyl (C=O) groups excluding carboxylic acids is 1. The molecule has 1 unspecified atom stereocenters. The number of hydrogen-bond donors (Lipinski definition) is 0. The zero-order valence-corrected chi connectivity index (χ0v) is 12.2. The molecule has 0 aromatic heterocycles. The molecular weight excluding hydrogens is 242 g/mol. The molecule has 0 heterocycles. The summed E-state index contributed by atoms with van der Waals surface area (Å²) in [7, 11) is 3.05. The molecule has 4 heteroatoms. The van der Waals surface area contributed by atoms with Crippen molar-refractivity contribution in [3.05, 3.63) is 29.8 Å². The van der Waals surface area contributed by atoms with Gasteiger partial charge in [-0.1, -0.05) is 20.3 Å². The van der Waals surface area contributed by atoms with Crippen molar-refractivity contribution in [3.8, 4) is 5.75 Å². The lowest BCUT2D eigenvalue weighted by molar-refractivity contribution is -0.0757. The van der Waals surface area contributed by atoms with Crippen LogP contribution in [0.5, 0.6) is 5.75 Å². The smallest absolute Gasteiger partial charge is 0.277 e. The first kappa shape index (κ1) is 15.5. The van der Waals surface area contributed by atoms with Crippen molar-refractivity contribution >= 4 is 5.91 Å². The van der Waals surface area contributed by atoms with Crippen LogP contribution in [0, 0.1) is 5.92 Å². The van der Waals surface area contributed by atoms with Crippen molar-refractivity contribution in [2.45, 2.75) is 26.7 Å². The van der Waals surface area contributed by atoms with Crippen LogP contribution in [-0.2, 0) is 4.84 Å². The van der Waals surface area contributed by atoms with Gasteiger partial charge in [0.15, 0.2) is 0 Å². The van der Waals surface area contributed by atoms with Gasteiger partial charge in [-0.05, 0) is 36.6 Å². The zero-order valence-electron chi connectivity index (χ0n) is 12.2. The third-order valence-corrected chi connectivity index (χ3v) is 2.98. The van der Waals surface area contributed by atoms with E-state index in [-0.39, 0.29) is 5.91 Å². The number of carbonyl (C=O) groups is 1. The molecule has 0 fully saturated rings. The van der Waals surface area contributed by atoms with Gasteiger partial charge in [-0.25, -0.2) is 5.06 Å². The van der Waals surface area contributed by atoms with Gasteiger partial charge in [-0.15, -0.1) is 0 Å². The Morgan fingerprint density at radius 2 is 1.95 bits per heavy atom. The fourth-order valence-corrected chi connectivity index (χ4v) is 1.77. The molecule has 0 aliphatic carbocycles. The minimum Gasteiger partial charge on any atom is -0.493 e. The summed E-state index contributed by atoms with van der Waals surface area (Å²) < 4.78 is 5.69. The number of nitrogens with zero attached hydrogens (tertiary/aromatic N) is 1. The molecular formula is C15H23NO3. The average molecular weight is 265 g/mol. The summed E-state index contributed by atoms with van der Waals surface area (Å²) in [6, 6.07) is 7.13. The zero-order chi connectivity index (χ0) is 14.3. The van der Waals surface area contributed by atoms with Crippen molar-refractivity contribution in [2.75, 3.05) is 20.8 Å². The Bertz CT molecular complexity index is 389. The molecule has 0 aliphatic heterocycles. The number of hydrogen-bond acceptors (Lipinski definition) is 3. The molecule has 0 spiro atoms. The number of rotatable bonds is 7. The molecule has 0 aliphatic rings. The molecule has 19 heavy (non-hydrogen) atoms. The van der Waals surface area contributed by atoms with E-state index in [1.54, 1.807) is 19.2 Å². The summed E-state index contributed by atoms with van der Waals surface area (Å²) in [5.74, 6) is 1.17. The Hall–Kier alpha value is -1.55. The molecule has 0 radical (unpaired) electrons. The Morgan fingerprint density at radius 3 is 2.47 bits per heavy atom. The monoisotopic (exact) mass is 265 g/mol. The topological polar surface area (TPSA) is 38.8 Å². The number of amides is 1. The highest BCUT2D eigenvalue weighted by molar-refractivity contribution is 5.93. The van der Waals surface area contributed by atoms with E-state index >= 15 is 0 Å². The van der Waals surface area contributed by atoms with Gasteiger partial charge in [0.1, 0.15) is 5.75 Å². The van der Waals surface area contributed by atoms with E-state index in [1.165, 1.54) is 18.6 Å². The van der Waals surface area contributed by atoms with Gasteiger partial charge in [0, 0.05) is 12.6 Å². The molecule has 0 saturated heterocycles. The Morgan fingerprint density at radius 1 is 1.32 bits per heavy atom. The summed E-state index contributed by atoms with van der Waals surface area (Å²) in [6.07, 6.45) is 2.33. The molecule has 0 saturated carbocycles. The highest BCUT2D eigenvalue weighted by Gasteiger charge is 2.11. The Labute approximate surface area is 115 Å². The standard InChI is InChI=1S/C15H23NO3/c1-5-6-12(2)11-19-14-9-7-13(8-10-14)15(17)16(3)18-4/h7-10,12H,5-6,11H2,1-4H3. The number of hydroxylamine groups is 2. The average Bonchev–Trinajstić information content (AvgIpc) is 2.44. The quantitative estimate of drug-likeness (QED) is 0.711. The lowest BCUT2D eigenvalue weighted by Gasteiger charge is -2.14. The van der Waals surface area contributed by atoms with E-state index in [2.05, 4.69) is 13.8 Å². The van der Waals surface area contributed by atoms with Gasteiger partial charge in [0.05, 0.1) is 13.7 Å². The molecule has 1 aromatic rings. The normalized spacial score (nSPS) is 12.0. The highest BCUT2D eigenvalue weighted by atomic mass is 16.7. The maximum atomic E-state index is 11.8. The Kier molecular flexibility index (Phi) is 6.36. The molecule has 4 nitrogen and oxygen atoms in total. The van der Waals surface area contributed by atoms with Crippen LogP contribution < -0.4 is 4.74 Å². The fourth-order valence-electron chi connectivity index (χ4n) is 1.77. The minimum absolute atomic E-state index is 0.173. The second-order valence-electron chi connectivity index (χ2n) is 4.71. The van der Waals surface area contributed by atoms with E-state index in [0.29, 0.717) is 18.1 Å². The summed E-state index contributed by atoms with van der Waals surface area (Å²) in [6.45, 7) is 5.05. The van der Waals surface area contributed by atoms with Crippen molar-refractivity contribution < 1.29 is 14.4 Å². The van der Waals surface area contributed by atoms with Gasteiger partial charge in [-0.2, -0.15) is 0 Å². The van der Waals surface area contributed by atoms with Crippen LogP contribution >= 0.6 is 0 Å². The molecule has 1 rings (SSSR count). The minimum atomic E-state index is -0.173. The third kappa shape index (κ3) is 4.91. The van der Waals surface area contributed by atoms with Crippen LogP contribution in [0.2, 0.25) is 0 Å². The van der Waals surface area contributed by atoms with E-state index in [4.69, 9.17) is 9.57 Å². The lowest BCUT2D eigenvalue weighted by atomic mass is 10.1. The molecule has 1 atom stereocenters. The Balaban J connectivity index is 2.54. The summed E-state index contributed by atoms with van der Waals surface area (Å²) in [5, 5.41) is 1.19. The molecule has 106 valence electrons. The van der Waals surface area contributed by atoms with E-state index in [1.807, 2.05) is 12.1 Å². The van der Waals surface area contributed by atoms with Crippen molar-refractivity contribution in [1.29, 1.82) is 0 Å². The number of benzene rings is 1. The predicted octanol–water partition coefficient (Wildman–Crippen LogP) is 3.14. The lowest BCUT2D eigenvalue weighted by Crippen LogP contribution is -2.25. The molecule has 0 N–H and O–H groups in total. The van der Waals surface area contributed by atoms with Crippen LogP contribution in [0.1, 0.15) is 37.0 Å². The van der Waals surface area contributed by atoms with Gasteiger partial charge in [0.25, 0.3) is 5.91 Å². The van der Waals surface area contributed by atoms with Crippen molar-refractivity contribution in [1.82, 2.24) is 5.06 Å². The maximum Gasteiger partial charge on any atom is 0.277 e. The van der Waals surface area contributed by atoms with E-state index in [0.717, 1.165) is 12.2 Å². The first-order valence-electron chi connectivity index (χ1n) is 6.63. The first-order valence-corrected chi connectivity index (χ1v) is 6.63. The summed E-state index contributed by atoms with van der Waals surface area (Å²) in [4.78, 5) is 16.7. The second-order valence-corrected chi connectivity index (χ2v) is 4.71. The van der Waals surface area contributed by atoms with E-state index in [9.17, 15) is 4.79 Å².